The largest absolute Gasteiger partial charge is 0.448 e. The number of halogens is 1. The third-order valence-corrected chi connectivity index (χ3v) is 4.63. The lowest BCUT2D eigenvalue weighted by atomic mass is 9.98. The van der Waals surface area contributed by atoms with Gasteiger partial charge in [-0.25, -0.2) is 9.18 Å². The Kier molecular flexibility index (Phi) is 4.85. The molecule has 1 unspecified atom stereocenters. The average Bonchev–Trinajstić information content (AvgIpc) is 2.56. The number of anilines is 1. The number of carbonyl (C=O) groups excluding carboxylic acids is 2. The van der Waals surface area contributed by atoms with Crippen molar-refractivity contribution in [2.45, 2.75) is 24.3 Å². The first kappa shape index (κ1) is 16.5. The summed E-state index contributed by atoms with van der Waals surface area (Å²) in [6, 6.07) is 11.3. The van der Waals surface area contributed by atoms with Crippen LogP contribution >= 0.6 is 11.8 Å². The number of rotatable bonds is 4. The van der Waals surface area contributed by atoms with Crippen molar-refractivity contribution in [3.8, 4) is 0 Å². The van der Waals surface area contributed by atoms with Crippen LogP contribution in [-0.4, -0.2) is 23.7 Å². The van der Waals surface area contributed by atoms with E-state index in [1.807, 2.05) is 25.1 Å². The van der Waals surface area contributed by atoms with E-state index in [0.717, 1.165) is 10.6 Å². The molecule has 6 heteroatoms. The molecule has 1 N–H and O–H groups in total. The zero-order valence-electron chi connectivity index (χ0n) is 13.0. The number of esters is 1. The standard InChI is InChI=1S/C18H16FNO3S/c1-2-24-16-6-4-3-5-14(16)20-17(21)15-10-11-9-12(19)7-8-13(11)18(22)23-15/h3-9,15H,2,10H2,1H3,(H,20,21). The maximum atomic E-state index is 13.4. The summed E-state index contributed by atoms with van der Waals surface area (Å²) in [5.74, 6) is -0.583. The lowest BCUT2D eigenvalue weighted by Gasteiger charge is -2.24. The van der Waals surface area contributed by atoms with Crippen molar-refractivity contribution in [2.75, 3.05) is 11.1 Å². The minimum absolute atomic E-state index is 0.160. The van der Waals surface area contributed by atoms with Crippen LogP contribution in [-0.2, 0) is 16.0 Å². The lowest BCUT2D eigenvalue weighted by Crippen LogP contribution is -2.38. The maximum Gasteiger partial charge on any atom is 0.339 e. The first-order valence-electron chi connectivity index (χ1n) is 7.60. The smallest absolute Gasteiger partial charge is 0.339 e. The summed E-state index contributed by atoms with van der Waals surface area (Å²) in [5, 5.41) is 2.80. The first-order chi connectivity index (χ1) is 11.6. The van der Waals surface area contributed by atoms with Gasteiger partial charge in [-0.1, -0.05) is 19.1 Å². The highest BCUT2D eigenvalue weighted by molar-refractivity contribution is 7.99. The molecule has 1 heterocycles. The number of thioether (sulfide) groups is 1. The van der Waals surface area contributed by atoms with Crippen LogP contribution in [0, 0.1) is 5.82 Å². The fraction of sp³-hybridized carbons (Fsp3) is 0.222. The van der Waals surface area contributed by atoms with Gasteiger partial charge in [-0.2, -0.15) is 0 Å². The molecule has 1 aliphatic rings. The molecule has 1 amide bonds. The number of cyclic esters (lactones) is 1. The van der Waals surface area contributed by atoms with Crippen molar-refractivity contribution in [1.29, 1.82) is 0 Å². The van der Waals surface area contributed by atoms with Crippen LogP contribution < -0.4 is 5.32 Å². The van der Waals surface area contributed by atoms with E-state index in [-0.39, 0.29) is 6.42 Å². The van der Waals surface area contributed by atoms with Gasteiger partial charge in [0.05, 0.1) is 11.3 Å². The molecule has 0 saturated heterocycles. The number of ether oxygens (including phenoxy) is 1. The van der Waals surface area contributed by atoms with Crippen molar-refractivity contribution in [2.24, 2.45) is 0 Å². The Morgan fingerprint density at radius 2 is 2.12 bits per heavy atom. The van der Waals surface area contributed by atoms with E-state index in [4.69, 9.17) is 4.74 Å². The molecular weight excluding hydrogens is 329 g/mol. The van der Waals surface area contributed by atoms with Gasteiger partial charge in [0.15, 0.2) is 6.10 Å². The predicted molar refractivity (Wildman–Crippen MR) is 90.8 cm³/mol. The molecular formula is C18H16FNO3S. The van der Waals surface area contributed by atoms with Gasteiger partial charge < -0.3 is 10.1 Å². The van der Waals surface area contributed by atoms with Gasteiger partial charge in [0.1, 0.15) is 5.82 Å². The van der Waals surface area contributed by atoms with Gasteiger partial charge in [-0.15, -0.1) is 11.8 Å². The second-order valence-corrected chi connectivity index (χ2v) is 6.62. The number of hydrogen-bond acceptors (Lipinski definition) is 4. The normalized spacial score (nSPS) is 16.2. The minimum atomic E-state index is -0.966. The molecule has 0 radical (unpaired) electrons. The van der Waals surface area contributed by atoms with Crippen LogP contribution in [0.3, 0.4) is 0 Å². The highest BCUT2D eigenvalue weighted by Gasteiger charge is 2.31. The summed E-state index contributed by atoms with van der Waals surface area (Å²) in [7, 11) is 0. The number of hydrogen-bond donors (Lipinski definition) is 1. The SMILES string of the molecule is CCSc1ccccc1NC(=O)C1Cc2cc(F)ccc2C(=O)O1. The zero-order chi connectivity index (χ0) is 17.1. The Hall–Kier alpha value is -2.34. The van der Waals surface area contributed by atoms with E-state index in [2.05, 4.69) is 5.32 Å². The number of amides is 1. The van der Waals surface area contributed by atoms with Crippen LogP contribution in [0.2, 0.25) is 0 Å². The summed E-state index contributed by atoms with van der Waals surface area (Å²) in [4.78, 5) is 25.4. The van der Waals surface area contributed by atoms with Gasteiger partial charge in [0.25, 0.3) is 5.91 Å². The molecule has 2 aromatic rings. The maximum absolute atomic E-state index is 13.4. The second-order valence-electron chi connectivity index (χ2n) is 5.32. The summed E-state index contributed by atoms with van der Waals surface area (Å²) in [6.07, 6.45) is -0.806. The molecule has 0 aromatic heterocycles. The molecule has 1 aliphatic heterocycles. The first-order valence-corrected chi connectivity index (χ1v) is 8.59. The van der Waals surface area contributed by atoms with Crippen molar-refractivity contribution in [3.63, 3.8) is 0 Å². The number of para-hydroxylation sites is 1. The predicted octanol–water partition coefficient (Wildman–Crippen LogP) is 3.66. The van der Waals surface area contributed by atoms with Crippen molar-refractivity contribution in [1.82, 2.24) is 0 Å². The number of benzene rings is 2. The van der Waals surface area contributed by atoms with Gasteiger partial charge >= 0.3 is 5.97 Å². The average molecular weight is 345 g/mol. The Bertz CT molecular complexity index is 794. The highest BCUT2D eigenvalue weighted by atomic mass is 32.2. The Balaban J connectivity index is 1.78. The van der Waals surface area contributed by atoms with Crippen molar-refractivity contribution in [3.05, 3.63) is 59.4 Å². The molecule has 1 atom stereocenters. The Morgan fingerprint density at radius 1 is 1.33 bits per heavy atom. The zero-order valence-corrected chi connectivity index (χ0v) is 13.9. The topological polar surface area (TPSA) is 55.4 Å². The monoisotopic (exact) mass is 345 g/mol. The molecule has 0 bridgehead atoms. The van der Waals surface area contributed by atoms with Crippen LogP contribution in [0.15, 0.2) is 47.4 Å². The highest BCUT2D eigenvalue weighted by Crippen LogP contribution is 2.28. The molecule has 0 saturated carbocycles. The van der Waals surface area contributed by atoms with Crippen LogP contribution in [0.4, 0.5) is 10.1 Å². The van der Waals surface area contributed by atoms with E-state index < -0.39 is 23.8 Å². The molecule has 4 nitrogen and oxygen atoms in total. The molecule has 3 rings (SSSR count). The molecule has 0 aliphatic carbocycles. The van der Waals surface area contributed by atoms with Crippen LogP contribution in [0.1, 0.15) is 22.8 Å². The number of carbonyl (C=O) groups is 2. The summed E-state index contributed by atoms with van der Waals surface area (Å²) in [6.45, 7) is 2.03. The van der Waals surface area contributed by atoms with Crippen LogP contribution in [0.25, 0.3) is 0 Å². The van der Waals surface area contributed by atoms with Crippen molar-refractivity contribution >= 4 is 29.3 Å². The molecule has 0 fully saturated rings. The number of fused-ring (bicyclic) bond motifs is 1. The van der Waals surface area contributed by atoms with E-state index in [1.54, 1.807) is 17.8 Å². The Labute approximate surface area is 143 Å². The third-order valence-electron chi connectivity index (χ3n) is 3.68. The molecule has 24 heavy (non-hydrogen) atoms. The summed E-state index contributed by atoms with van der Waals surface area (Å²) >= 11 is 1.61. The quantitative estimate of drug-likeness (QED) is 0.679. The van der Waals surface area contributed by atoms with E-state index >= 15 is 0 Å². The van der Waals surface area contributed by atoms with Gasteiger partial charge in [0.2, 0.25) is 0 Å². The fourth-order valence-corrected chi connectivity index (χ4v) is 3.34. The van der Waals surface area contributed by atoms with Crippen molar-refractivity contribution < 1.29 is 18.7 Å². The van der Waals surface area contributed by atoms with Crippen LogP contribution in [0.5, 0.6) is 0 Å². The van der Waals surface area contributed by atoms with Gasteiger partial charge in [0, 0.05) is 11.3 Å². The van der Waals surface area contributed by atoms with E-state index in [9.17, 15) is 14.0 Å². The molecule has 124 valence electrons. The summed E-state index contributed by atoms with van der Waals surface area (Å²) < 4.78 is 18.6. The summed E-state index contributed by atoms with van der Waals surface area (Å²) in [5.41, 5.74) is 1.47. The third kappa shape index (κ3) is 3.43. The second kappa shape index (κ2) is 7.05. The van der Waals surface area contributed by atoms with Gasteiger partial charge in [-0.3, -0.25) is 4.79 Å². The van der Waals surface area contributed by atoms with E-state index in [1.165, 1.54) is 18.2 Å². The van der Waals surface area contributed by atoms with E-state index in [0.29, 0.717) is 16.8 Å². The minimum Gasteiger partial charge on any atom is -0.448 e. The fourth-order valence-electron chi connectivity index (χ4n) is 2.58. The Morgan fingerprint density at radius 3 is 2.92 bits per heavy atom. The molecule has 0 spiro atoms. The number of nitrogens with one attached hydrogen (secondary N) is 1. The molecule has 2 aromatic carbocycles. The van der Waals surface area contributed by atoms with Gasteiger partial charge in [-0.05, 0) is 41.6 Å². The lowest BCUT2D eigenvalue weighted by molar-refractivity contribution is -0.125.